The number of methoxy groups -OCH3 is 1. The van der Waals surface area contributed by atoms with Crippen molar-refractivity contribution in [1.82, 2.24) is 0 Å². The van der Waals surface area contributed by atoms with Gasteiger partial charge in [-0.25, -0.2) is 4.79 Å². The first-order chi connectivity index (χ1) is 13.5. The largest absolute Gasteiger partial charge is 0.494 e. The Balaban J connectivity index is 1.70. The summed E-state index contributed by atoms with van der Waals surface area (Å²) in [7, 11) is 1.26. The molecular weight excluding hydrogens is 362 g/mol. The summed E-state index contributed by atoms with van der Waals surface area (Å²) < 4.78 is 15.2. The van der Waals surface area contributed by atoms with E-state index in [1.54, 1.807) is 18.2 Å². The number of esters is 2. The van der Waals surface area contributed by atoms with E-state index in [4.69, 9.17) is 9.47 Å². The third-order valence-electron chi connectivity index (χ3n) is 3.75. The molecule has 0 saturated carbocycles. The minimum absolute atomic E-state index is 0.137. The molecule has 0 unspecified atom stereocenters. The quantitative estimate of drug-likeness (QED) is 0.527. The van der Waals surface area contributed by atoms with E-state index < -0.39 is 24.5 Å². The van der Waals surface area contributed by atoms with Gasteiger partial charge in [0.2, 0.25) is 0 Å². The molecule has 0 aliphatic carbocycles. The number of carbonyl (C=O) groups is 3. The highest BCUT2D eigenvalue weighted by Crippen LogP contribution is 2.16. The summed E-state index contributed by atoms with van der Waals surface area (Å²) in [5.74, 6) is -0.858. The summed E-state index contributed by atoms with van der Waals surface area (Å²) in [6.07, 6.45) is 0.609. The molecule has 148 valence electrons. The molecule has 2 rings (SSSR count). The third-order valence-corrected chi connectivity index (χ3v) is 3.75. The minimum atomic E-state index is -0.568. The molecule has 7 nitrogen and oxygen atoms in total. The Bertz CT molecular complexity index is 833. The van der Waals surface area contributed by atoms with E-state index in [0.29, 0.717) is 18.7 Å². The van der Waals surface area contributed by atoms with Gasteiger partial charge in [0, 0.05) is 6.42 Å². The van der Waals surface area contributed by atoms with Gasteiger partial charge in [0.05, 0.1) is 25.0 Å². The molecule has 7 heteroatoms. The van der Waals surface area contributed by atoms with Crippen LogP contribution in [0.1, 0.15) is 28.8 Å². The number of hydrogen-bond acceptors (Lipinski definition) is 6. The van der Waals surface area contributed by atoms with Gasteiger partial charge >= 0.3 is 11.9 Å². The van der Waals surface area contributed by atoms with Crippen LogP contribution < -0.4 is 10.1 Å². The Morgan fingerprint density at radius 2 is 1.82 bits per heavy atom. The van der Waals surface area contributed by atoms with Crippen molar-refractivity contribution in [2.45, 2.75) is 19.8 Å². The van der Waals surface area contributed by atoms with Gasteiger partial charge in [-0.2, -0.15) is 0 Å². The second kappa shape index (κ2) is 10.7. The molecule has 2 aromatic carbocycles. The lowest BCUT2D eigenvalue weighted by Crippen LogP contribution is -2.22. The molecule has 1 N–H and O–H groups in total. The number of rotatable bonds is 9. The van der Waals surface area contributed by atoms with Crippen LogP contribution >= 0.6 is 0 Å². The highest BCUT2D eigenvalue weighted by molar-refractivity contribution is 6.01. The predicted octanol–water partition coefficient (Wildman–Crippen LogP) is 3.12. The van der Waals surface area contributed by atoms with Crippen molar-refractivity contribution in [3.63, 3.8) is 0 Å². The number of carbonyl (C=O) groups excluding carboxylic acids is 3. The lowest BCUT2D eigenvalue weighted by Gasteiger charge is -2.10. The van der Waals surface area contributed by atoms with Crippen LogP contribution in [0.2, 0.25) is 0 Å². The van der Waals surface area contributed by atoms with Gasteiger partial charge in [0.15, 0.2) is 6.61 Å². The van der Waals surface area contributed by atoms with Gasteiger partial charge in [0.25, 0.3) is 5.91 Å². The summed E-state index contributed by atoms with van der Waals surface area (Å²) in [6, 6.07) is 14.0. The Morgan fingerprint density at radius 1 is 1.04 bits per heavy atom. The van der Waals surface area contributed by atoms with Crippen LogP contribution in [0.5, 0.6) is 5.75 Å². The summed E-state index contributed by atoms with van der Waals surface area (Å²) in [5, 5.41) is 2.53. The predicted molar refractivity (Wildman–Crippen MR) is 103 cm³/mol. The molecule has 2 aromatic rings. The maximum atomic E-state index is 12.0. The normalized spacial score (nSPS) is 10.1. The molecular formula is C21H23NO6. The van der Waals surface area contributed by atoms with Crippen molar-refractivity contribution in [1.29, 1.82) is 0 Å². The number of aryl methyl sites for hydroxylation is 1. The molecule has 0 atom stereocenters. The van der Waals surface area contributed by atoms with Crippen LogP contribution in [0.4, 0.5) is 5.69 Å². The molecule has 0 saturated heterocycles. The van der Waals surface area contributed by atoms with E-state index in [9.17, 15) is 14.4 Å². The maximum Gasteiger partial charge on any atom is 0.339 e. The summed E-state index contributed by atoms with van der Waals surface area (Å²) >= 11 is 0. The molecule has 0 bridgehead atoms. The summed E-state index contributed by atoms with van der Waals surface area (Å²) in [4.78, 5) is 35.4. The van der Waals surface area contributed by atoms with Crippen LogP contribution in [0.15, 0.2) is 48.5 Å². The van der Waals surface area contributed by atoms with E-state index in [-0.39, 0.29) is 12.0 Å². The number of ether oxygens (including phenoxy) is 3. The SMILES string of the molecule is COC(=O)c1ccccc1NC(=O)COC(=O)CCCOc1cccc(C)c1. The molecule has 0 aliphatic heterocycles. The average Bonchev–Trinajstić information content (AvgIpc) is 2.69. The Labute approximate surface area is 163 Å². The van der Waals surface area contributed by atoms with Crippen LogP contribution in [0.25, 0.3) is 0 Å². The first-order valence-electron chi connectivity index (χ1n) is 8.82. The molecule has 0 aromatic heterocycles. The number of amides is 1. The fourth-order valence-corrected chi connectivity index (χ4v) is 2.40. The Kier molecular flexibility index (Phi) is 8.02. The first kappa shape index (κ1) is 21.0. The van der Waals surface area contributed by atoms with E-state index in [2.05, 4.69) is 10.1 Å². The molecule has 0 spiro atoms. The average molecular weight is 385 g/mol. The number of benzene rings is 2. The fraction of sp³-hybridized carbons (Fsp3) is 0.286. The van der Waals surface area contributed by atoms with Gasteiger partial charge in [-0.05, 0) is 43.2 Å². The van der Waals surface area contributed by atoms with Crippen molar-refractivity contribution in [3.05, 3.63) is 59.7 Å². The second-order valence-electron chi connectivity index (χ2n) is 6.01. The van der Waals surface area contributed by atoms with Crippen molar-refractivity contribution in [3.8, 4) is 5.75 Å². The zero-order valence-electron chi connectivity index (χ0n) is 15.9. The zero-order valence-corrected chi connectivity index (χ0v) is 15.9. The van der Waals surface area contributed by atoms with Gasteiger partial charge in [-0.1, -0.05) is 24.3 Å². The summed E-state index contributed by atoms with van der Waals surface area (Å²) in [5.41, 5.74) is 1.61. The van der Waals surface area contributed by atoms with Crippen molar-refractivity contribution < 1.29 is 28.6 Å². The minimum Gasteiger partial charge on any atom is -0.494 e. The van der Waals surface area contributed by atoms with Gasteiger partial charge in [0.1, 0.15) is 5.75 Å². The number of para-hydroxylation sites is 1. The van der Waals surface area contributed by atoms with E-state index in [1.165, 1.54) is 13.2 Å². The van der Waals surface area contributed by atoms with Crippen molar-refractivity contribution in [2.75, 3.05) is 25.6 Å². The molecule has 0 aliphatic rings. The van der Waals surface area contributed by atoms with Crippen LogP contribution in [-0.4, -0.2) is 38.2 Å². The summed E-state index contributed by atoms with van der Waals surface area (Å²) in [6.45, 7) is 1.91. The number of nitrogens with one attached hydrogen (secondary N) is 1. The van der Waals surface area contributed by atoms with Gasteiger partial charge in [-0.15, -0.1) is 0 Å². The zero-order chi connectivity index (χ0) is 20.4. The Hall–Kier alpha value is -3.35. The maximum absolute atomic E-state index is 12.0. The van der Waals surface area contributed by atoms with Gasteiger partial charge in [-0.3, -0.25) is 9.59 Å². The van der Waals surface area contributed by atoms with Gasteiger partial charge < -0.3 is 19.5 Å². The molecule has 0 heterocycles. The van der Waals surface area contributed by atoms with E-state index in [0.717, 1.165) is 11.3 Å². The molecule has 0 fully saturated rings. The van der Waals surface area contributed by atoms with Crippen LogP contribution in [0.3, 0.4) is 0 Å². The molecule has 1 amide bonds. The molecule has 28 heavy (non-hydrogen) atoms. The highest BCUT2D eigenvalue weighted by atomic mass is 16.5. The van der Waals surface area contributed by atoms with E-state index in [1.807, 2.05) is 31.2 Å². The number of hydrogen-bond donors (Lipinski definition) is 1. The lowest BCUT2D eigenvalue weighted by molar-refractivity contribution is -0.147. The van der Waals surface area contributed by atoms with Crippen molar-refractivity contribution in [2.24, 2.45) is 0 Å². The standard InChI is InChI=1S/C21H23NO6/c1-15-7-5-8-16(13-15)27-12-6-11-20(24)28-14-19(23)22-18-10-4-3-9-17(18)21(25)26-2/h3-5,7-10,13H,6,11-12,14H2,1-2H3,(H,22,23). The first-order valence-corrected chi connectivity index (χ1v) is 8.82. The number of anilines is 1. The van der Waals surface area contributed by atoms with Crippen LogP contribution in [-0.2, 0) is 19.1 Å². The fourth-order valence-electron chi connectivity index (χ4n) is 2.40. The lowest BCUT2D eigenvalue weighted by atomic mass is 10.2. The topological polar surface area (TPSA) is 90.9 Å². The van der Waals surface area contributed by atoms with Crippen LogP contribution in [0, 0.1) is 6.92 Å². The highest BCUT2D eigenvalue weighted by Gasteiger charge is 2.14. The molecule has 0 radical (unpaired) electrons. The Morgan fingerprint density at radius 3 is 2.57 bits per heavy atom. The second-order valence-corrected chi connectivity index (χ2v) is 6.01. The monoisotopic (exact) mass is 385 g/mol. The van der Waals surface area contributed by atoms with E-state index >= 15 is 0 Å². The smallest absolute Gasteiger partial charge is 0.339 e. The third kappa shape index (κ3) is 6.75. The van der Waals surface area contributed by atoms with Crippen molar-refractivity contribution >= 4 is 23.5 Å².